The summed E-state index contributed by atoms with van der Waals surface area (Å²) in [7, 11) is 1.48. The number of amides is 1. The first-order chi connectivity index (χ1) is 7.67. The summed E-state index contributed by atoms with van der Waals surface area (Å²) < 4.78 is 4.94. The summed E-state index contributed by atoms with van der Waals surface area (Å²) in [5.41, 5.74) is 7.64. The van der Waals surface area contributed by atoms with Crippen molar-refractivity contribution in [3.63, 3.8) is 0 Å². The number of hydrogen-bond acceptors (Lipinski definition) is 3. The molecule has 1 atom stereocenters. The number of hydrogen-bond donors (Lipinski definition) is 2. The van der Waals surface area contributed by atoms with E-state index in [9.17, 15) is 4.79 Å². The fraction of sp³-hybridized carbons (Fsp3) is 0.417. The van der Waals surface area contributed by atoms with Crippen LogP contribution in [0.15, 0.2) is 24.3 Å². The Kier molecular flexibility index (Phi) is 7.54. The number of aryl methyl sites for hydroxylation is 1. The number of methoxy groups -OCH3 is 1. The van der Waals surface area contributed by atoms with Crippen molar-refractivity contribution in [1.29, 1.82) is 0 Å². The highest BCUT2D eigenvalue weighted by atomic mass is 35.5. The van der Waals surface area contributed by atoms with Gasteiger partial charge >= 0.3 is 0 Å². The predicted molar refractivity (Wildman–Crippen MR) is 70.1 cm³/mol. The molecule has 1 aromatic rings. The van der Waals surface area contributed by atoms with E-state index in [1.807, 2.05) is 31.2 Å². The van der Waals surface area contributed by atoms with Crippen LogP contribution in [-0.4, -0.2) is 25.7 Å². The van der Waals surface area contributed by atoms with Crippen LogP contribution in [0, 0.1) is 6.92 Å². The highest BCUT2D eigenvalue weighted by Crippen LogP contribution is 2.03. The quantitative estimate of drug-likeness (QED) is 0.828. The van der Waals surface area contributed by atoms with Gasteiger partial charge < -0.3 is 15.8 Å². The molecule has 1 unspecified atom stereocenters. The van der Waals surface area contributed by atoms with Crippen molar-refractivity contribution >= 4 is 18.3 Å². The lowest BCUT2D eigenvalue weighted by atomic mass is 10.1. The van der Waals surface area contributed by atoms with Gasteiger partial charge in [0.1, 0.15) is 6.10 Å². The molecule has 1 rings (SSSR count). The Morgan fingerprint density at radius 2 is 2.24 bits per heavy atom. The van der Waals surface area contributed by atoms with Crippen LogP contribution in [0.2, 0.25) is 0 Å². The molecule has 0 saturated heterocycles. The van der Waals surface area contributed by atoms with Crippen molar-refractivity contribution in [1.82, 2.24) is 5.32 Å². The first-order valence-electron chi connectivity index (χ1n) is 5.23. The minimum Gasteiger partial charge on any atom is -0.370 e. The number of carbonyl (C=O) groups is 1. The van der Waals surface area contributed by atoms with Gasteiger partial charge in [-0.3, -0.25) is 4.79 Å². The maximum Gasteiger partial charge on any atom is 0.250 e. The molecule has 1 aromatic carbocycles. The van der Waals surface area contributed by atoms with Crippen molar-refractivity contribution in [3.8, 4) is 0 Å². The van der Waals surface area contributed by atoms with Gasteiger partial charge in [0.2, 0.25) is 0 Å². The SMILES string of the molecule is COC(CN)C(=O)NCc1cccc(C)c1.Cl. The lowest BCUT2D eigenvalue weighted by Crippen LogP contribution is -2.40. The molecule has 0 aliphatic carbocycles. The maximum atomic E-state index is 11.5. The average molecular weight is 259 g/mol. The molecule has 1 amide bonds. The molecule has 4 nitrogen and oxygen atoms in total. The Bertz CT molecular complexity index is 354. The second-order valence-electron chi connectivity index (χ2n) is 3.67. The fourth-order valence-corrected chi connectivity index (χ4v) is 1.44. The monoisotopic (exact) mass is 258 g/mol. The molecule has 0 aliphatic rings. The van der Waals surface area contributed by atoms with Gasteiger partial charge in [0.25, 0.3) is 5.91 Å². The molecule has 3 N–H and O–H groups in total. The second-order valence-corrected chi connectivity index (χ2v) is 3.67. The van der Waals surface area contributed by atoms with Gasteiger partial charge in [-0.1, -0.05) is 29.8 Å². The Balaban J connectivity index is 0.00000256. The Hall–Kier alpha value is -1.10. The lowest BCUT2D eigenvalue weighted by Gasteiger charge is -2.13. The first kappa shape index (κ1) is 15.9. The third-order valence-electron chi connectivity index (χ3n) is 2.34. The number of carbonyl (C=O) groups excluding carboxylic acids is 1. The van der Waals surface area contributed by atoms with Gasteiger partial charge in [-0.25, -0.2) is 0 Å². The van der Waals surface area contributed by atoms with Crippen molar-refractivity contribution in [2.75, 3.05) is 13.7 Å². The average Bonchev–Trinajstić information content (AvgIpc) is 2.28. The van der Waals surface area contributed by atoms with E-state index in [4.69, 9.17) is 10.5 Å². The second kappa shape index (κ2) is 8.06. The number of rotatable bonds is 5. The number of ether oxygens (including phenoxy) is 1. The van der Waals surface area contributed by atoms with Crippen LogP contribution in [0.25, 0.3) is 0 Å². The summed E-state index contributed by atoms with van der Waals surface area (Å²) in [4.78, 5) is 11.5. The van der Waals surface area contributed by atoms with Crippen LogP contribution in [0.5, 0.6) is 0 Å². The summed E-state index contributed by atoms with van der Waals surface area (Å²) in [6.07, 6.45) is -0.565. The van der Waals surface area contributed by atoms with Crippen molar-refractivity contribution in [2.45, 2.75) is 19.6 Å². The lowest BCUT2D eigenvalue weighted by molar-refractivity contribution is -0.130. The Labute approximate surface area is 108 Å². The van der Waals surface area contributed by atoms with E-state index in [-0.39, 0.29) is 24.9 Å². The van der Waals surface area contributed by atoms with Crippen LogP contribution in [0.4, 0.5) is 0 Å². The van der Waals surface area contributed by atoms with Gasteiger partial charge in [-0.15, -0.1) is 12.4 Å². The minimum atomic E-state index is -0.565. The Morgan fingerprint density at radius 1 is 1.53 bits per heavy atom. The summed E-state index contributed by atoms with van der Waals surface area (Å²) in [6.45, 7) is 2.71. The molecule has 0 heterocycles. The molecular weight excluding hydrogens is 240 g/mol. The van der Waals surface area contributed by atoms with E-state index in [2.05, 4.69) is 5.32 Å². The molecule has 96 valence electrons. The highest BCUT2D eigenvalue weighted by Gasteiger charge is 2.14. The standard InChI is InChI=1S/C12H18N2O2.ClH/c1-9-4-3-5-10(6-9)8-14-12(15)11(7-13)16-2;/h3-6,11H,7-8,13H2,1-2H3,(H,14,15);1H. The molecular formula is C12H19ClN2O2. The van der Waals surface area contributed by atoms with Gasteiger partial charge in [0.05, 0.1) is 0 Å². The van der Waals surface area contributed by atoms with Gasteiger partial charge in [0.15, 0.2) is 0 Å². The summed E-state index contributed by atoms with van der Waals surface area (Å²) in [6, 6.07) is 7.98. The molecule has 0 aliphatic heterocycles. The van der Waals surface area contributed by atoms with Crippen molar-refractivity contribution in [2.24, 2.45) is 5.73 Å². The van der Waals surface area contributed by atoms with E-state index in [1.54, 1.807) is 0 Å². The number of nitrogens with one attached hydrogen (secondary N) is 1. The van der Waals surface area contributed by atoms with E-state index in [0.29, 0.717) is 6.54 Å². The zero-order valence-electron chi connectivity index (χ0n) is 10.1. The van der Waals surface area contributed by atoms with Crippen molar-refractivity contribution in [3.05, 3.63) is 35.4 Å². The largest absolute Gasteiger partial charge is 0.370 e. The zero-order chi connectivity index (χ0) is 12.0. The molecule has 17 heavy (non-hydrogen) atoms. The van der Waals surface area contributed by atoms with Crippen LogP contribution >= 0.6 is 12.4 Å². The van der Waals surface area contributed by atoms with E-state index in [0.717, 1.165) is 5.56 Å². The molecule has 0 radical (unpaired) electrons. The summed E-state index contributed by atoms with van der Waals surface area (Å²) in [5, 5.41) is 2.78. The third kappa shape index (κ3) is 5.17. The zero-order valence-corrected chi connectivity index (χ0v) is 10.9. The predicted octanol–water partition coefficient (Wildman–Crippen LogP) is 1.01. The number of nitrogens with two attached hydrogens (primary N) is 1. The van der Waals surface area contributed by atoms with Crippen molar-refractivity contribution < 1.29 is 9.53 Å². The van der Waals surface area contributed by atoms with E-state index >= 15 is 0 Å². The molecule has 0 fully saturated rings. The Morgan fingerprint density at radius 3 is 2.76 bits per heavy atom. The fourth-order valence-electron chi connectivity index (χ4n) is 1.44. The molecule has 5 heteroatoms. The summed E-state index contributed by atoms with van der Waals surface area (Å²) >= 11 is 0. The smallest absolute Gasteiger partial charge is 0.250 e. The topological polar surface area (TPSA) is 64.3 Å². The number of benzene rings is 1. The van der Waals surface area contributed by atoms with E-state index in [1.165, 1.54) is 12.7 Å². The van der Waals surface area contributed by atoms with Gasteiger partial charge in [0, 0.05) is 20.2 Å². The molecule has 0 bridgehead atoms. The van der Waals surface area contributed by atoms with Crippen LogP contribution in [0.1, 0.15) is 11.1 Å². The molecule has 0 saturated carbocycles. The number of halogens is 1. The minimum absolute atomic E-state index is 0. The van der Waals surface area contributed by atoms with Gasteiger partial charge in [-0.05, 0) is 12.5 Å². The van der Waals surface area contributed by atoms with Gasteiger partial charge in [-0.2, -0.15) is 0 Å². The maximum absolute atomic E-state index is 11.5. The normalized spacial score (nSPS) is 11.5. The third-order valence-corrected chi connectivity index (χ3v) is 2.34. The molecule has 0 aromatic heterocycles. The van der Waals surface area contributed by atoms with Crippen LogP contribution < -0.4 is 11.1 Å². The molecule has 0 spiro atoms. The highest BCUT2D eigenvalue weighted by molar-refractivity contribution is 5.85. The van der Waals surface area contributed by atoms with Crippen LogP contribution in [0.3, 0.4) is 0 Å². The van der Waals surface area contributed by atoms with Crippen LogP contribution in [-0.2, 0) is 16.1 Å². The van der Waals surface area contributed by atoms with E-state index < -0.39 is 6.10 Å². The first-order valence-corrected chi connectivity index (χ1v) is 5.23. The summed E-state index contributed by atoms with van der Waals surface area (Å²) in [5.74, 6) is -0.175.